The zero-order valence-electron chi connectivity index (χ0n) is 10.2. The molecule has 0 rings (SSSR count). The third-order valence-electron chi connectivity index (χ3n) is 2.82. The predicted molar refractivity (Wildman–Crippen MR) is 61.0 cm³/mol. The van der Waals surface area contributed by atoms with E-state index in [1.54, 1.807) is 0 Å². The molecule has 0 saturated heterocycles. The summed E-state index contributed by atoms with van der Waals surface area (Å²) in [5.74, 6) is -0.816. The van der Waals surface area contributed by atoms with Crippen LogP contribution < -0.4 is 0 Å². The van der Waals surface area contributed by atoms with Crippen molar-refractivity contribution >= 4 is 5.97 Å². The molecular formula is C12H24O3. The second-order valence-electron chi connectivity index (χ2n) is 3.90. The Hall–Kier alpha value is -0.570. The van der Waals surface area contributed by atoms with Gasteiger partial charge in [-0.2, -0.15) is 0 Å². The van der Waals surface area contributed by atoms with Crippen molar-refractivity contribution in [3.8, 4) is 0 Å². The molecule has 0 saturated carbocycles. The van der Waals surface area contributed by atoms with Gasteiger partial charge < -0.3 is 9.84 Å². The highest BCUT2D eigenvalue weighted by Gasteiger charge is 2.36. The summed E-state index contributed by atoms with van der Waals surface area (Å²) in [6.45, 7) is 6.34. The van der Waals surface area contributed by atoms with Crippen LogP contribution in [-0.2, 0) is 9.53 Å². The summed E-state index contributed by atoms with van der Waals surface area (Å²) in [5.41, 5.74) is -0.942. The number of carbonyl (C=O) groups is 1. The van der Waals surface area contributed by atoms with Crippen LogP contribution in [0.1, 0.15) is 59.3 Å². The fraction of sp³-hybridized carbons (Fsp3) is 0.917. The Balaban J connectivity index is 4.16. The minimum Gasteiger partial charge on any atom is -0.479 e. The molecule has 0 fully saturated rings. The fourth-order valence-electron chi connectivity index (χ4n) is 1.78. The lowest BCUT2D eigenvalue weighted by molar-refractivity contribution is -0.167. The maximum atomic E-state index is 11.2. The largest absolute Gasteiger partial charge is 0.479 e. The third-order valence-corrected chi connectivity index (χ3v) is 2.82. The van der Waals surface area contributed by atoms with Gasteiger partial charge in [0.15, 0.2) is 5.60 Å². The van der Waals surface area contributed by atoms with Gasteiger partial charge in [-0.1, -0.05) is 33.1 Å². The first-order valence-corrected chi connectivity index (χ1v) is 6.00. The van der Waals surface area contributed by atoms with E-state index in [0.29, 0.717) is 19.4 Å². The lowest BCUT2D eigenvalue weighted by Crippen LogP contribution is -2.41. The second kappa shape index (κ2) is 7.69. The molecule has 1 N–H and O–H groups in total. The second-order valence-corrected chi connectivity index (χ2v) is 3.90. The van der Waals surface area contributed by atoms with Crippen molar-refractivity contribution in [3.63, 3.8) is 0 Å². The fourth-order valence-corrected chi connectivity index (χ4v) is 1.78. The van der Waals surface area contributed by atoms with E-state index in [4.69, 9.17) is 4.74 Å². The lowest BCUT2D eigenvalue weighted by atomic mass is 9.93. The van der Waals surface area contributed by atoms with E-state index in [1.807, 2.05) is 13.8 Å². The van der Waals surface area contributed by atoms with Crippen LogP contribution >= 0.6 is 0 Å². The van der Waals surface area contributed by atoms with Gasteiger partial charge in [0.1, 0.15) is 0 Å². The zero-order valence-corrected chi connectivity index (χ0v) is 10.2. The summed E-state index contributed by atoms with van der Waals surface area (Å²) in [7, 11) is 0. The Morgan fingerprint density at radius 2 is 1.87 bits per heavy atom. The molecule has 1 atom stereocenters. The molecule has 15 heavy (non-hydrogen) atoms. The SMILES string of the molecule is CCCCCCC(CC)(OCC)C(=O)O. The Bertz CT molecular complexity index is 180. The minimum atomic E-state index is -0.942. The Morgan fingerprint density at radius 3 is 2.27 bits per heavy atom. The molecule has 0 spiro atoms. The average Bonchev–Trinajstić information content (AvgIpc) is 2.22. The van der Waals surface area contributed by atoms with Gasteiger partial charge in [0, 0.05) is 6.61 Å². The smallest absolute Gasteiger partial charge is 0.335 e. The Kier molecular flexibility index (Phi) is 7.39. The summed E-state index contributed by atoms with van der Waals surface area (Å²) in [4.78, 5) is 11.2. The standard InChI is InChI=1S/C12H24O3/c1-4-7-8-9-10-12(5-2,11(13)14)15-6-3/h4-10H2,1-3H3,(H,13,14). The highest BCUT2D eigenvalue weighted by molar-refractivity contribution is 5.77. The quantitative estimate of drug-likeness (QED) is 0.602. The molecule has 3 nitrogen and oxygen atoms in total. The highest BCUT2D eigenvalue weighted by atomic mass is 16.5. The predicted octanol–water partition coefficient (Wildman–Crippen LogP) is 3.23. The van der Waals surface area contributed by atoms with Crippen molar-refractivity contribution in [2.75, 3.05) is 6.61 Å². The average molecular weight is 216 g/mol. The van der Waals surface area contributed by atoms with Crippen LogP contribution in [0.5, 0.6) is 0 Å². The molecule has 0 aliphatic carbocycles. The van der Waals surface area contributed by atoms with E-state index in [0.717, 1.165) is 12.8 Å². The maximum absolute atomic E-state index is 11.2. The molecule has 0 aliphatic rings. The molecular weight excluding hydrogens is 192 g/mol. The monoisotopic (exact) mass is 216 g/mol. The van der Waals surface area contributed by atoms with Crippen molar-refractivity contribution in [2.45, 2.75) is 64.9 Å². The van der Waals surface area contributed by atoms with E-state index < -0.39 is 11.6 Å². The van der Waals surface area contributed by atoms with Gasteiger partial charge in [0.2, 0.25) is 0 Å². The zero-order chi connectivity index (χ0) is 11.7. The van der Waals surface area contributed by atoms with E-state index >= 15 is 0 Å². The van der Waals surface area contributed by atoms with E-state index in [9.17, 15) is 9.90 Å². The first-order valence-electron chi connectivity index (χ1n) is 6.00. The van der Waals surface area contributed by atoms with Gasteiger partial charge in [0.25, 0.3) is 0 Å². The minimum absolute atomic E-state index is 0.466. The number of carboxylic acid groups (broad SMARTS) is 1. The van der Waals surface area contributed by atoms with Crippen LogP contribution in [0.3, 0.4) is 0 Å². The number of hydrogen-bond acceptors (Lipinski definition) is 2. The normalized spacial score (nSPS) is 14.9. The molecule has 3 heteroatoms. The topological polar surface area (TPSA) is 46.5 Å². The van der Waals surface area contributed by atoms with E-state index in [1.165, 1.54) is 12.8 Å². The van der Waals surface area contributed by atoms with Crippen molar-refractivity contribution in [2.24, 2.45) is 0 Å². The number of rotatable bonds is 9. The van der Waals surface area contributed by atoms with E-state index in [2.05, 4.69) is 6.92 Å². The Morgan fingerprint density at radius 1 is 1.20 bits per heavy atom. The molecule has 0 radical (unpaired) electrons. The van der Waals surface area contributed by atoms with Gasteiger partial charge in [-0.25, -0.2) is 4.79 Å². The molecule has 0 aromatic rings. The molecule has 0 aliphatic heterocycles. The van der Waals surface area contributed by atoms with Crippen molar-refractivity contribution in [3.05, 3.63) is 0 Å². The molecule has 0 aromatic heterocycles. The Labute approximate surface area is 92.8 Å². The molecule has 1 unspecified atom stereocenters. The van der Waals surface area contributed by atoms with Gasteiger partial charge in [-0.3, -0.25) is 0 Å². The summed E-state index contributed by atoms with van der Waals surface area (Å²) in [5, 5.41) is 9.19. The van der Waals surface area contributed by atoms with Crippen LogP contribution in [0.2, 0.25) is 0 Å². The van der Waals surface area contributed by atoms with Crippen molar-refractivity contribution in [1.82, 2.24) is 0 Å². The summed E-state index contributed by atoms with van der Waals surface area (Å²) in [6.07, 6.45) is 5.55. The summed E-state index contributed by atoms with van der Waals surface area (Å²) in [6, 6.07) is 0. The van der Waals surface area contributed by atoms with Crippen LogP contribution in [0.15, 0.2) is 0 Å². The molecule has 0 heterocycles. The van der Waals surface area contributed by atoms with Crippen molar-refractivity contribution < 1.29 is 14.6 Å². The highest BCUT2D eigenvalue weighted by Crippen LogP contribution is 2.24. The summed E-state index contributed by atoms with van der Waals surface area (Å²) < 4.78 is 5.42. The number of unbranched alkanes of at least 4 members (excludes halogenated alkanes) is 3. The third kappa shape index (κ3) is 4.65. The van der Waals surface area contributed by atoms with Crippen molar-refractivity contribution in [1.29, 1.82) is 0 Å². The first-order chi connectivity index (χ1) is 7.13. The van der Waals surface area contributed by atoms with Crippen LogP contribution in [0.25, 0.3) is 0 Å². The van der Waals surface area contributed by atoms with Crippen LogP contribution in [0, 0.1) is 0 Å². The molecule has 0 aromatic carbocycles. The molecule has 90 valence electrons. The number of aliphatic carboxylic acids is 1. The maximum Gasteiger partial charge on any atom is 0.335 e. The van der Waals surface area contributed by atoms with Gasteiger partial charge >= 0.3 is 5.97 Å². The van der Waals surface area contributed by atoms with Gasteiger partial charge in [0.05, 0.1) is 0 Å². The lowest BCUT2D eigenvalue weighted by Gasteiger charge is -2.27. The van der Waals surface area contributed by atoms with Gasteiger partial charge in [-0.05, 0) is 26.2 Å². The first kappa shape index (κ1) is 14.4. The number of carboxylic acids is 1. The van der Waals surface area contributed by atoms with E-state index in [-0.39, 0.29) is 0 Å². The summed E-state index contributed by atoms with van der Waals surface area (Å²) >= 11 is 0. The van der Waals surface area contributed by atoms with Gasteiger partial charge in [-0.15, -0.1) is 0 Å². The number of hydrogen-bond donors (Lipinski definition) is 1. The van der Waals surface area contributed by atoms with Crippen LogP contribution in [0.4, 0.5) is 0 Å². The molecule has 0 bridgehead atoms. The van der Waals surface area contributed by atoms with Crippen LogP contribution in [-0.4, -0.2) is 23.3 Å². The number of ether oxygens (including phenoxy) is 1. The molecule has 0 amide bonds.